The van der Waals surface area contributed by atoms with Gasteiger partial charge in [0.1, 0.15) is 5.01 Å². The standard InChI is InChI=1S/C7H11N3O2S2/c1-8-7-10-9-5(14-7)3-13-4-6(11)12-2/h3-4H2,1-2H3,(H,8,10). The van der Waals surface area contributed by atoms with E-state index in [1.54, 1.807) is 7.05 Å². The Hall–Kier alpha value is -0.820. The summed E-state index contributed by atoms with van der Waals surface area (Å²) in [6.07, 6.45) is 0. The predicted molar refractivity (Wildman–Crippen MR) is 57.6 cm³/mol. The quantitative estimate of drug-likeness (QED) is 0.765. The van der Waals surface area contributed by atoms with Gasteiger partial charge in [-0.15, -0.1) is 22.0 Å². The highest BCUT2D eigenvalue weighted by atomic mass is 32.2. The SMILES string of the molecule is CNc1nnc(CSCC(=O)OC)s1. The number of thioether (sulfide) groups is 1. The van der Waals surface area contributed by atoms with Gasteiger partial charge >= 0.3 is 5.97 Å². The topological polar surface area (TPSA) is 64.1 Å². The molecule has 14 heavy (non-hydrogen) atoms. The largest absolute Gasteiger partial charge is 0.468 e. The van der Waals surface area contributed by atoms with Crippen molar-refractivity contribution in [3.8, 4) is 0 Å². The molecule has 0 aliphatic carbocycles. The van der Waals surface area contributed by atoms with E-state index in [0.29, 0.717) is 11.5 Å². The zero-order valence-corrected chi connectivity index (χ0v) is 9.57. The second kappa shape index (κ2) is 5.82. The summed E-state index contributed by atoms with van der Waals surface area (Å²) in [5.41, 5.74) is 0. The first-order valence-electron chi connectivity index (χ1n) is 3.91. The maximum absolute atomic E-state index is 10.8. The van der Waals surface area contributed by atoms with Crippen LogP contribution in [-0.2, 0) is 15.3 Å². The highest BCUT2D eigenvalue weighted by molar-refractivity contribution is 7.99. The molecule has 0 aromatic carbocycles. The number of nitrogens with one attached hydrogen (secondary N) is 1. The van der Waals surface area contributed by atoms with Gasteiger partial charge in [0, 0.05) is 12.8 Å². The summed E-state index contributed by atoms with van der Waals surface area (Å²) >= 11 is 2.95. The average Bonchev–Trinajstić information content (AvgIpc) is 2.65. The van der Waals surface area contributed by atoms with E-state index in [9.17, 15) is 4.79 Å². The minimum absolute atomic E-state index is 0.214. The third-order valence-corrected chi connectivity index (χ3v) is 3.39. The molecule has 1 rings (SSSR count). The van der Waals surface area contributed by atoms with Crippen molar-refractivity contribution < 1.29 is 9.53 Å². The Morgan fingerprint density at radius 1 is 1.64 bits per heavy atom. The Bertz CT molecular complexity index is 303. The molecule has 1 heterocycles. The predicted octanol–water partition coefficient (Wildman–Crippen LogP) is 0.986. The Morgan fingerprint density at radius 2 is 2.43 bits per heavy atom. The number of carbonyl (C=O) groups excluding carboxylic acids is 1. The lowest BCUT2D eigenvalue weighted by Gasteiger charge is -1.96. The smallest absolute Gasteiger partial charge is 0.315 e. The van der Waals surface area contributed by atoms with E-state index in [1.165, 1.54) is 30.2 Å². The van der Waals surface area contributed by atoms with Gasteiger partial charge in [0.2, 0.25) is 5.13 Å². The minimum Gasteiger partial charge on any atom is -0.468 e. The van der Waals surface area contributed by atoms with Crippen LogP contribution in [-0.4, -0.2) is 36.1 Å². The molecule has 7 heteroatoms. The van der Waals surface area contributed by atoms with E-state index in [0.717, 1.165) is 10.1 Å². The van der Waals surface area contributed by atoms with Crippen molar-refractivity contribution in [2.75, 3.05) is 25.2 Å². The maximum atomic E-state index is 10.8. The van der Waals surface area contributed by atoms with Crippen LogP contribution in [0.5, 0.6) is 0 Å². The normalized spacial score (nSPS) is 9.86. The summed E-state index contributed by atoms with van der Waals surface area (Å²) < 4.78 is 4.51. The molecule has 0 atom stereocenters. The van der Waals surface area contributed by atoms with Crippen LogP contribution in [0.2, 0.25) is 0 Å². The first kappa shape index (κ1) is 11.3. The van der Waals surface area contributed by atoms with Crippen LogP contribution >= 0.6 is 23.1 Å². The molecule has 0 spiro atoms. The van der Waals surface area contributed by atoms with E-state index in [-0.39, 0.29) is 5.97 Å². The van der Waals surface area contributed by atoms with Gasteiger partial charge in [-0.2, -0.15) is 0 Å². The molecule has 0 radical (unpaired) electrons. The lowest BCUT2D eigenvalue weighted by Crippen LogP contribution is -2.03. The number of anilines is 1. The van der Waals surface area contributed by atoms with Crippen molar-refractivity contribution in [2.24, 2.45) is 0 Å². The molecule has 0 unspecified atom stereocenters. The fourth-order valence-corrected chi connectivity index (χ4v) is 2.29. The molecular formula is C7H11N3O2S2. The Balaban J connectivity index is 2.27. The summed E-state index contributed by atoms with van der Waals surface area (Å²) in [7, 11) is 3.18. The van der Waals surface area contributed by atoms with Crippen LogP contribution in [0.1, 0.15) is 5.01 Å². The number of carbonyl (C=O) groups is 1. The fourth-order valence-electron chi connectivity index (χ4n) is 0.694. The number of hydrogen-bond acceptors (Lipinski definition) is 7. The Kier molecular flexibility index (Phi) is 4.68. The van der Waals surface area contributed by atoms with Crippen LogP contribution in [0.3, 0.4) is 0 Å². The van der Waals surface area contributed by atoms with Gasteiger partial charge in [0.05, 0.1) is 12.9 Å². The van der Waals surface area contributed by atoms with E-state index >= 15 is 0 Å². The number of nitrogens with zero attached hydrogens (tertiary/aromatic N) is 2. The molecule has 0 fully saturated rings. The highest BCUT2D eigenvalue weighted by Crippen LogP contribution is 2.19. The van der Waals surface area contributed by atoms with Gasteiger partial charge in [0.15, 0.2) is 0 Å². The van der Waals surface area contributed by atoms with Crippen molar-refractivity contribution in [1.29, 1.82) is 0 Å². The molecule has 0 bridgehead atoms. The fraction of sp³-hybridized carbons (Fsp3) is 0.571. The van der Waals surface area contributed by atoms with Crippen LogP contribution < -0.4 is 5.32 Å². The first-order chi connectivity index (χ1) is 6.76. The Morgan fingerprint density at radius 3 is 3.00 bits per heavy atom. The summed E-state index contributed by atoms with van der Waals surface area (Å²) in [5, 5.41) is 12.4. The number of ether oxygens (including phenoxy) is 1. The summed E-state index contributed by atoms with van der Waals surface area (Å²) in [4.78, 5) is 10.8. The van der Waals surface area contributed by atoms with E-state index in [1.807, 2.05) is 0 Å². The second-order valence-electron chi connectivity index (χ2n) is 2.32. The monoisotopic (exact) mass is 233 g/mol. The number of aromatic nitrogens is 2. The zero-order valence-electron chi connectivity index (χ0n) is 7.94. The van der Waals surface area contributed by atoms with Crippen molar-refractivity contribution in [2.45, 2.75) is 5.75 Å². The molecule has 78 valence electrons. The maximum Gasteiger partial charge on any atom is 0.315 e. The van der Waals surface area contributed by atoms with Gasteiger partial charge in [-0.1, -0.05) is 11.3 Å². The molecule has 1 N–H and O–H groups in total. The van der Waals surface area contributed by atoms with E-state index in [4.69, 9.17) is 0 Å². The molecule has 0 saturated carbocycles. The van der Waals surface area contributed by atoms with Crippen molar-refractivity contribution in [1.82, 2.24) is 10.2 Å². The van der Waals surface area contributed by atoms with Gasteiger partial charge in [-0.25, -0.2) is 0 Å². The van der Waals surface area contributed by atoms with Crippen molar-refractivity contribution >= 4 is 34.2 Å². The summed E-state index contributed by atoms with van der Waals surface area (Å²) in [6, 6.07) is 0. The molecule has 5 nitrogen and oxygen atoms in total. The molecule has 1 aromatic heterocycles. The molecule has 1 aromatic rings. The van der Waals surface area contributed by atoms with E-state index < -0.39 is 0 Å². The van der Waals surface area contributed by atoms with Gasteiger partial charge in [-0.05, 0) is 0 Å². The van der Waals surface area contributed by atoms with Crippen molar-refractivity contribution in [3.05, 3.63) is 5.01 Å². The zero-order chi connectivity index (χ0) is 10.4. The number of methoxy groups -OCH3 is 1. The minimum atomic E-state index is -0.214. The summed E-state index contributed by atoms with van der Waals surface area (Å²) in [6.45, 7) is 0. The van der Waals surface area contributed by atoms with Gasteiger partial charge in [-0.3, -0.25) is 4.79 Å². The Labute approximate surface area is 90.3 Å². The number of hydrogen-bond donors (Lipinski definition) is 1. The highest BCUT2D eigenvalue weighted by Gasteiger charge is 2.04. The van der Waals surface area contributed by atoms with E-state index in [2.05, 4.69) is 20.3 Å². The third-order valence-electron chi connectivity index (χ3n) is 1.35. The van der Waals surface area contributed by atoms with Crippen LogP contribution in [0.15, 0.2) is 0 Å². The molecule has 0 aliphatic heterocycles. The molecular weight excluding hydrogens is 222 g/mol. The molecule has 0 amide bonds. The summed E-state index contributed by atoms with van der Waals surface area (Å²) in [5.74, 6) is 0.827. The van der Waals surface area contributed by atoms with Gasteiger partial charge < -0.3 is 10.1 Å². The van der Waals surface area contributed by atoms with Crippen LogP contribution in [0, 0.1) is 0 Å². The first-order valence-corrected chi connectivity index (χ1v) is 5.88. The third kappa shape index (κ3) is 3.51. The number of rotatable bonds is 5. The lowest BCUT2D eigenvalue weighted by atomic mass is 10.8. The lowest BCUT2D eigenvalue weighted by molar-refractivity contribution is -0.137. The molecule has 0 aliphatic rings. The van der Waals surface area contributed by atoms with Crippen LogP contribution in [0.25, 0.3) is 0 Å². The molecule has 0 saturated heterocycles. The van der Waals surface area contributed by atoms with Crippen LogP contribution in [0.4, 0.5) is 5.13 Å². The number of esters is 1. The van der Waals surface area contributed by atoms with Crippen molar-refractivity contribution in [3.63, 3.8) is 0 Å². The van der Waals surface area contributed by atoms with Gasteiger partial charge in [0.25, 0.3) is 0 Å². The second-order valence-corrected chi connectivity index (χ2v) is 4.37. The average molecular weight is 233 g/mol.